The van der Waals surface area contributed by atoms with E-state index in [0.717, 1.165) is 19.3 Å². The van der Waals surface area contributed by atoms with Crippen molar-refractivity contribution in [3.63, 3.8) is 0 Å². The number of rotatable bonds is 36. The first-order chi connectivity index (χ1) is 47.6. The van der Waals surface area contributed by atoms with Gasteiger partial charge in [0.05, 0.1) is 0 Å². The van der Waals surface area contributed by atoms with Crippen LogP contribution in [0.5, 0.6) is 0 Å². The van der Waals surface area contributed by atoms with Gasteiger partial charge in [-0.15, -0.1) is 0 Å². The highest BCUT2D eigenvalue weighted by Crippen LogP contribution is 2.62. The molecule has 0 aromatic heterocycles. The third-order valence-electron chi connectivity index (χ3n) is 23.5. The predicted octanol–water partition coefficient (Wildman–Crippen LogP) is 30.5. The first kappa shape index (κ1) is 63.0. The van der Waals surface area contributed by atoms with Crippen LogP contribution in [-0.4, -0.2) is 0 Å². The van der Waals surface area contributed by atoms with E-state index in [0.29, 0.717) is 0 Å². The summed E-state index contributed by atoms with van der Waals surface area (Å²) >= 11 is 0. The van der Waals surface area contributed by atoms with Crippen molar-refractivity contribution >= 4 is 129 Å². The highest BCUT2D eigenvalue weighted by molar-refractivity contribution is 6.61. The summed E-state index contributed by atoms with van der Waals surface area (Å²) < 4.78 is 0. The molecule has 0 saturated carbocycles. The van der Waals surface area contributed by atoms with Gasteiger partial charge in [-0.25, -0.2) is 0 Å². The average Bonchev–Trinajstić information content (AvgIpc) is 0.643. The van der Waals surface area contributed by atoms with E-state index < -0.39 is 0 Å². The number of benzene rings is 16. The largest absolute Gasteiger partial charge is 0.0654 e. The second-order valence-corrected chi connectivity index (χ2v) is 30.2. The molecule has 0 saturated heterocycles. The summed E-state index contributed by atoms with van der Waals surface area (Å²) in [5.41, 5.74) is 12.3. The van der Waals surface area contributed by atoms with Crippen LogP contribution in [0.15, 0.2) is 164 Å². The molecule has 96 heavy (non-hydrogen) atoms. The summed E-state index contributed by atoms with van der Waals surface area (Å²) in [7, 11) is 0. The van der Waals surface area contributed by atoms with Gasteiger partial charge < -0.3 is 0 Å². The number of unbranched alkanes of at least 4 members (excludes halogenated alkanes) is 27. The van der Waals surface area contributed by atoms with E-state index in [1.807, 2.05) is 0 Å². The fourth-order valence-corrected chi connectivity index (χ4v) is 18.7. The molecule has 0 atom stereocenters. The molecule has 0 heterocycles. The molecule has 0 radical (unpaired) electrons. The Morgan fingerprint density at radius 3 is 0.510 bits per heavy atom. The van der Waals surface area contributed by atoms with E-state index in [4.69, 9.17) is 0 Å². The van der Waals surface area contributed by atoms with Crippen molar-refractivity contribution in [2.45, 2.75) is 233 Å². The lowest BCUT2D eigenvalue weighted by molar-refractivity contribution is 0.556. The molecule has 0 fully saturated rings. The molecule has 0 aliphatic heterocycles. The number of fused-ring (bicyclic) bond motifs is 6. The monoisotopic (exact) mass is 1250 g/mol. The van der Waals surface area contributed by atoms with Gasteiger partial charge in [-0.05, 0) is 254 Å². The van der Waals surface area contributed by atoms with Crippen LogP contribution in [0, 0.1) is 0 Å². The van der Waals surface area contributed by atoms with Crippen LogP contribution >= 0.6 is 0 Å². The summed E-state index contributed by atoms with van der Waals surface area (Å²) in [5, 5.41) is 35.1. The minimum atomic E-state index is 1.09. The van der Waals surface area contributed by atoms with Crippen LogP contribution < -0.4 is 0 Å². The van der Waals surface area contributed by atoms with Crippen LogP contribution in [0.4, 0.5) is 0 Å². The molecule has 486 valence electrons. The Morgan fingerprint density at radius 1 is 0.156 bits per heavy atom. The van der Waals surface area contributed by atoms with Crippen LogP contribution in [0.1, 0.15) is 230 Å². The van der Waals surface area contributed by atoms with Gasteiger partial charge in [-0.3, -0.25) is 0 Å². The molecule has 16 aromatic carbocycles. The maximum absolute atomic E-state index is 2.74. The second-order valence-electron chi connectivity index (χ2n) is 30.2. The third-order valence-corrected chi connectivity index (χ3v) is 23.5. The quantitative estimate of drug-likeness (QED) is 0.0209. The van der Waals surface area contributed by atoms with E-state index in [1.54, 1.807) is 0 Å². The molecule has 0 heteroatoms. The zero-order chi connectivity index (χ0) is 64.5. The normalized spacial score (nSPS) is 12.7. The highest BCUT2D eigenvalue weighted by atomic mass is 14.4. The smallest absolute Gasteiger partial charge is 0.0000469 e. The van der Waals surface area contributed by atoms with Crippen molar-refractivity contribution in [2.75, 3.05) is 0 Å². The molecule has 0 nitrogen and oxygen atoms in total. The van der Waals surface area contributed by atoms with Gasteiger partial charge in [0.15, 0.2) is 0 Å². The molecule has 16 aromatic rings. The van der Waals surface area contributed by atoms with Gasteiger partial charge in [-0.1, -0.05) is 322 Å². The van der Waals surface area contributed by atoms with E-state index in [9.17, 15) is 0 Å². The highest BCUT2D eigenvalue weighted by Gasteiger charge is 2.33. The Labute approximate surface area is 572 Å². The maximum Gasteiger partial charge on any atom is -0.0000469 e. The summed E-state index contributed by atoms with van der Waals surface area (Å²) in [6, 6.07) is 66.4. The minimum absolute atomic E-state index is 1.09. The summed E-state index contributed by atoms with van der Waals surface area (Å²) in [5.74, 6) is 0. The molecule has 0 aliphatic carbocycles. The summed E-state index contributed by atoms with van der Waals surface area (Å²) in [6.45, 7) is 6.99. The molecule has 0 N–H and O–H groups in total. The maximum atomic E-state index is 2.74. The van der Waals surface area contributed by atoms with Crippen molar-refractivity contribution in [1.29, 1.82) is 0 Å². The summed E-state index contributed by atoms with van der Waals surface area (Å²) in [4.78, 5) is 0. The Bertz CT molecular complexity index is 5220. The zero-order valence-corrected chi connectivity index (χ0v) is 58.4. The van der Waals surface area contributed by atoms with Crippen LogP contribution in [0.25, 0.3) is 163 Å². The predicted molar refractivity (Wildman–Crippen MR) is 427 cm³/mol. The van der Waals surface area contributed by atoms with Gasteiger partial charge in [0.2, 0.25) is 0 Å². The molecule has 0 unspecified atom stereocenters. The second kappa shape index (κ2) is 28.3. The van der Waals surface area contributed by atoms with Crippen molar-refractivity contribution in [3.8, 4) is 33.4 Å². The SMILES string of the molecule is CCCCCCCCCCCCc1cc2c3cc(CCCCCCCCCCCC)cc4c5cc(-c6ccccc6)cc6c7cc(-c8ccccc8)cc8c9cc(CCCCCCCCCCCC)cc%10c%11cc(-c%12ccccc%12)cc%12c(c1)c2c1c(c34)c(c56)c(c87)c(c%109)c1c%12%11. The van der Waals surface area contributed by atoms with Crippen LogP contribution in [-0.2, 0) is 19.3 Å². The van der Waals surface area contributed by atoms with Gasteiger partial charge in [-0.2, -0.15) is 0 Å². The van der Waals surface area contributed by atoms with Crippen LogP contribution in [0.2, 0.25) is 0 Å². The van der Waals surface area contributed by atoms with Crippen molar-refractivity contribution < 1.29 is 0 Å². The van der Waals surface area contributed by atoms with E-state index in [2.05, 4.69) is 185 Å². The molecule has 0 aliphatic rings. The Morgan fingerprint density at radius 2 is 0.323 bits per heavy atom. The van der Waals surface area contributed by atoms with Gasteiger partial charge in [0.1, 0.15) is 0 Å². The Balaban J connectivity index is 0.978. The molecule has 0 spiro atoms. The van der Waals surface area contributed by atoms with Crippen molar-refractivity contribution in [1.82, 2.24) is 0 Å². The third kappa shape index (κ3) is 11.6. The standard InChI is InChI=1S/C96H102/c1-4-7-10-13-16-19-22-25-28-34-43-64-52-73-74-53-65(44-35-29-26-23-20-17-14-11-8-5-2)55-76-81-60-71(68-48-39-32-40-49-68)62-83-84-63-72(69-50-41-33-42-51-69)61-82-78-57-66(45-36-30-27-24-21-18-15-12-9-6-3)56-77-80-59-70(67-46-37-31-38-47-67)58-79-75(54-64)85(73)91-92(86(74)76)95(89(81)83)96(90(82)84)93(87(77)78)94(91)88(79)80/h31-33,37-42,46-63H,4-30,34-36,43-45H2,1-3H3. The number of hydrogen-bond donors (Lipinski definition) is 0. The molecule has 0 amide bonds. The lowest BCUT2D eigenvalue weighted by Crippen LogP contribution is -2.02. The van der Waals surface area contributed by atoms with Gasteiger partial charge in [0, 0.05) is 0 Å². The van der Waals surface area contributed by atoms with Crippen molar-refractivity contribution in [2.24, 2.45) is 0 Å². The topological polar surface area (TPSA) is 0 Å². The first-order valence-electron chi connectivity index (χ1n) is 39.1. The Hall–Kier alpha value is -7.80. The lowest BCUT2D eigenvalue weighted by atomic mass is 9.72. The van der Waals surface area contributed by atoms with E-state index in [-0.39, 0.29) is 0 Å². The molecular weight excluding hydrogens is 1150 g/mol. The molecular formula is C96H102. The molecule has 16 rings (SSSR count). The Kier molecular flexibility index (Phi) is 18.6. The first-order valence-corrected chi connectivity index (χ1v) is 39.1. The van der Waals surface area contributed by atoms with E-state index in [1.165, 1.54) is 372 Å². The number of aryl methyl sites for hydroxylation is 3. The van der Waals surface area contributed by atoms with Gasteiger partial charge in [0.25, 0.3) is 0 Å². The lowest BCUT2D eigenvalue weighted by Gasteiger charge is -2.30. The molecule has 0 bridgehead atoms. The fourth-order valence-electron chi connectivity index (χ4n) is 18.7. The minimum Gasteiger partial charge on any atom is -0.0654 e. The van der Waals surface area contributed by atoms with E-state index >= 15 is 0 Å². The number of hydrogen-bond acceptors (Lipinski definition) is 0. The fraction of sp³-hybridized carbons (Fsp3) is 0.375. The van der Waals surface area contributed by atoms with Gasteiger partial charge >= 0.3 is 0 Å². The van der Waals surface area contributed by atoms with Crippen molar-refractivity contribution in [3.05, 3.63) is 180 Å². The van der Waals surface area contributed by atoms with Crippen LogP contribution in [0.3, 0.4) is 0 Å². The zero-order valence-electron chi connectivity index (χ0n) is 58.4. The average molecular weight is 1260 g/mol. The summed E-state index contributed by atoms with van der Waals surface area (Å²) in [6.07, 6.45) is 43.8.